The Morgan fingerprint density at radius 1 is 1.38 bits per heavy atom. The molecule has 0 spiro atoms. The third kappa shape index (κ3) is 2.10. The Kier molecular flexibility index (Phi) is 3.12. The fourth-order valence-corrected chi connectivity index (χ4v) is 1.51. The third-order valence-corrected chi connectivity index (χ3v) is 2.17. The van der Waals surface area contributed by atoms with Crippen LogP contribution in [0, 0.1) is 13.8 Å². The number of aryl methyl sites for hydroxylation is 1. The molecule has 0 aliphatic rings. The van der Waals surface area contributed by atoms with Gasteiger partial charge in [0, 0.05) is 6.92 Å². The van der Waals surface area contributed by atoms with Crippen molar-refractivity contribution in [2.45, 2.75) is 20.8 Å². The molecule has 16 heavy (non-hydrogen) atoms. The van der Waals surface area contributed by atoms with E-state index in [1.807, 2.05) is 0 Å². The van der Waals surface area contributed by atoms with Gasteiger partial charge in [-0.15, -0.1) is 0 Å². The van der Waals surface area contributed by atoms with Crippen LogP contribution in [0.2, 0.25) is 0 Å². The minimum atomic E-state index is -1.16. The van der Waals surface area contributed by atoms with E-state index in [1.54, 1.807) is 13.8 Å². The molecular weight excluding hydrogens is 210 g/mol. The smallest absolute Gasteiger partial charge is 0.339 e. The number of carboxylic acid groups (broad SMARTS) is 1. The molecule has 0 aliphatic heterocycles. The second-order valence-corrected chi connectivity index (χ2v) is 3.44. The van der Waals surface area contributed by atoms with Gasteiger partial charge in [0.1, 0.15) is 11.4 Å². The van der Waals surface area contributed by atoms with Crippen molar-refractivity contribution in [3.63, 3.8) is 0 Å². The molecule has 1 heterocycles. The zero-order chi connectivity index (χ0) is 12.5. The third-order valence-electron chi connectivity index (χ3n) is 2.17. The predicted molar refractivity (Wildman–Crippen MR) is 59.4 cm³/mol. The molecule has 1 aromatic heterocycles. The van der Waals surface area contributed by atoms with Crippen molar-refractivity contribution < 1.29 is 14.7 Å². The number of hydrogen-bond donors (Lipinski definition) is 3. The second-order valence-electron chi connectivity index (χ2n) is 3.44. The first-order chi connectivity index (χ1) is 7.34. The van der Waals surface area contributed by atoms with Crippen LogP contribution in [-0.2, 0) is 4.79 Å². The van der Waals surface area contributed by atoms with Gasteiger partial charge in [-0.25, -0.2) is 9.78 Å². The zero-order valence-electron chi connectivity index (χ0n) is 9.29. The summed E-state index contributed by atoms with van der Waals surface area (Å²) in [7, 11) is 0. The summed E-state index contributed by atoms with van der Waals surface area (Å²) >= 11 is 0. The van der Waals surface area contributed by atoms with Crippen molar-refractivity contribution in [3.8, 4) is 0 Å². The van der Waals surface area contributed by atoms with Crippen LogP contribution in [0.1, 0.15) is 28.5 Å². The molecule has 0 bridgehead atoms. The largest absolute Gasteiger partial charge is 0.478 e. The van der Waals surface area contributed by atoms with Crippen molar-refractivity contribution in [2.75, 3.05) is 11.1 Å². The van der Waals surface area contributed by atoms with E-state index in [1.165, 1.54) is 6.92 Å². The number of pyridine rings is 1. The minimum Gasteiger partial charge on any atom is -0.478 e. The molecule has 0 aromatic carbocycles. The van der Waals surface area contributed by atoms with E-state index in [2.05, 4.69) is 10.3 Å². The minimum absolute atomic E-state index is 0.0448. The number of hydrogen-bond acceptors (Lipinski definition) is 4. The van der Waals surface area contributed by atoms with Crippen LogP contribution >= 0.6 is 0 Å². The molecule has 0 aliphatic carbocycles. The monoisotopic (exact) mass is 223 g/mol. The second kappa shape index (κ2) is 4.18. The van der Waals surface area contributed by atoms with Crippen molar-refractivity contribution in [1.29, 1.82) is 0 Å². The van der Waals surface area contributed by atoms with Crippen LogP contribution in [0.25, 0.3) is 0 Å². The quantitative estimate of drug-likeness (QED) is 0.691. The number of rotatable bonds is 2. The van der Waals surface area contributed by atoms with Gasteiger partial charge in [-0.2, -0.15) is 0 Å². The highest BCUT2D eigenvalue weighted by molar-refractivity contribution is 5.98. The average molecular weight is 223 g/mol. The summed E-state index contributed by atoms with van der Waals surface area (Å²) < 4.78 is 0. The van der Waals surface area contributed by atoms with Crippen molar-refractivity contribution in [3.05, 3.63) is 16.8 Å². The van der Waals surface area contributed by atoms with Crippen LogP contribution < -0.4 is 11.1 Å². The standard InChI is InChI=1S/C10H13N3O3/c1-4-7(10(15)16)9(11)12-5(2)8(4)13-6(3)14/h1-3H3,(H2,11,12)(H,13,14)(H,15,16). The maximum Gasteiger partial charge on any atom is 0.339 e. The van der Waals surface area contributed by atoms with Gasteiger partial charge in [-0.05, 0) is 19.4 Å². The maximum absolute atomic E-state index is 11.0. The number of aromatic nitrogens is 1. The first kappa shape index (κ1) is 12.0. The Balaban J connectivity index is 3.44. The van der Waals surface area contributed by atoms with Crippen LogP contribution in [0.5, 0.6) is 0 Å². The van der Waals surface area contributed by atoms with Crippen LogP contribution in [0.3, 0.4) is 0 Å². The summed E-state index contributed by atoms with van der Waals surface area (Å²) in [5, 5.41) is 11.5. The van der Waals surface area contributed by atoms with Crippen molar-refractivity contribution >= 4 is 23.4 Å². The molecule has 86 valence electrons. The fourth-order valence-electron chi connectivity index (χ4n) is 1.51. The normalized spacial score (nSPS) is 9.94. The first-order valence-electron chi connectivity index (χ1n) is 4.62. The average Bonchev–Trinajstić information content (AvgIpc) is 2.10. The van der Waals surface area contributed by atoms with Gasteiger partial charge < -0.3 is 16.2 Å². The van der Waals surface area contributed by atoms with Crippen LogP contribution in [0.4, 0.5) is 11.5 Å². The fraction of sp³-hybridized carbons (Fsp3) is 0.300. The van der Waals surface area contributed by atoms with Gasteiger partial charge in [0.2, 0.25) is 5.91 Å². The molecule has 6 nitrogen and oxygen atoms in total. The predicted octanol–water partition coefficient (Wildman–Crippen LogP) is 0.937. The summed E-state index contributed by atoms with van der Waals surface area (Å²) in [6, 6.07) is 0. The van der Waals surface area contributed by atoms with Crippen molar-refractivity contribution in [2.24, 2.45) is 0 Å². The van der Waals surface area contributed by atoms with E-state index in [0.29, 0.717) is 16.9 Å². The number of nitrogens with zero attached hydrogens (tertiary/aromatic N) is 1. The number of nitrogen functional groups attached to an aromatic ring is 1. The van der Waals surface area contributed by atoms with E-state index in [-0.39, 0.29) is 17.3 Å². The molecule has 0 atom stereocenters. The number of amides is 1. The number of nitrogens with two attached hydrogens (primary N) is 1. The summed E-state index contributed by atoms with van der Waals surface area (Å²) in [6.45, 7) is 4.58. The molecule has 4 N–H and O–H groups in total. The van der Waals surface area contributed by atoms with E-state index in [4.69, 9.17) is 10.8 Å². The van der Waals surface area contributed by atoms with Gasteiger partial charge >= 0.3 is 5.97 Å². The van der Waals surface area contributed by atoms with Gasteiger partial charge in [-0.3, -0.25) is 4.79 Å². The number of aromatic carboxylic acids is 1. The Bertz CT molecular complexity index is 469. The summed E-state index contributed by atoms with van der Waals surface area (Å²) in [5.74, 6) is -1.49. The highest BCUT2D eigenvalue weighted by atomic mass is 16.4. The van der Waals surface area contributed by atoms with E-state index in [0.717, 1.165) is 0 Å². The lowest BCUT2D eigenvalue weighted by molar-refractivity contribution is -0.114. The Labute approximate surface area is 92.5 Å². The number of carbonyl (C=O) groups is 2. The Hall–Kier alpha value is -2.11. The van der Waals surface area contributed by atoms with E-state index < -0.39 is 5.97 Å². The lowest BCUT2D eigenvalue weighted by Gasteiger charge is -2.13. The summed E-state index contributed by atoms with van der Waals surface area (Å²) in [5.41, 5.74) is 6.75. The molecular formula is C10H13N3O3. The lowest BCUT2D eigenvalue weighted by atomic mass is 10.1. The summed E-state index contributed by atoms with van der Waals surface area (Å²) in [6.07, 6.45) is 0. The molecule has 1 amide bonds. The molecule has 0 saturated heterocycles. The number of nitrogens with one attached hydrogen (secondary N) is 1. The van der Waals surface area contributed by atoms with Gasteiger partial charge in [0.25, 0.3) is 0 Å². The van der Waals surface area contributed by atoms with Gasteiger partial charge in [0.15, 0.2) is 0 Å². The molecule has 6 heteroatoms. The molecule has 1 rings (SSSR count). The summed E-state index contributed by atoms with van der Waals surface area (Å²) in [4.78, 5) is 25.8. The molecule has 0 radical (unpaired) electrons. The van der Waals surface area contributed by atoms with E-state index in [9.17, 15) is 9.59 Å². The maximum atomic E-state index is 11.0. The molecule has 0 unspecified atom stereocenters. The number of carboxylic acids is 1. The SMILES string of the molecule is CC(=O)Nc1c(C)nc(N)c(C(=O)O)c1C. The highest BCUT2D eigenvalue weighted by Gasteiger charge is 2.18. The molecule has 0 fully saturated rings. The van der Waals surface area contributed by atoms with Crippen LogP contribution in [0.15, 0.2) is 0 Å². The van der Waals surface area contributed by atoms with Gasteiger partial charge in [0.05, 0.1) is 11.4 Å². The van der Waals surface area contributed by atoms with Crippen molar-refractivity contribution in [1.82, 2.24) is 4.98 Å². The topological polar surface area (TPSA) is 105 Å². The Morgan fingerprint density at radius 3 is 2.38 bits per heavy atom. The molecule has 1 aromatic rings. The number of anilines is 2. The zero-order valence-corrected chi connectivity index (χ0v) is 9.29. The number of carbonyl (C=O) groups excluding carboxylic acids is 1. The Morgan fingerprint density at radius 2 is 1.94 bits per heavy atom. The van der Waals surface area contributed by atoms with Gasteiger partial charge in [-0.1, -0.05) is 0 Å². The van der Waals surface area contributed by atoms with Crippen LogP contribution in [-0.4, -0.2) is 22.0 Å². The first-order valence-corrected chi connectivity index (χ1v) is 4.62. The molecule has 0 saturated carbocycles. The highest BCUT2D eigenvalue weighted by Crippen LogP contribution is 2.25. The van der Waals surface area contributed by atoms with E-state index >= 15 is 0 Å². The lowest BCUT2D eigenvalue weighted by Crippen LogP contribution is -2.15.